The predicted octanol–water partition coefficient (Wildman–Crippen LogP) is 2.70. The van der Waals surface area contributed by atoms with E-state index in [4.69, 9.17) is 0 Å². The molecular formula is C13H14O. The van der Waals surface area contributed by atoms with Crippen molar-refractivity contribution in [1.82, 2.24) is 0 Å². The average Bonchev–Trinajstić information content (AvgIpc) is 2.94. The van der Waals surface area contributed by atoms with Crippen LogP contribution in [0.5, 0.6) is 0 Å². The van der Waals surface area contributed by atoms with Crippen molar-refractivity contribution in [3.63, 3.8) is 0 Å². The van der Waals surface area contributed by atoms with Crippen molar-refractivity contribution in [2.75, 3.05) is 0 Å². The number of fused-ring (bicyclic) bond motifs is 1. The third kappa shape index (κ3) is 1.05. The van der Waals surface area contributed by atoms with Gasteiger partial charge in [-0.15, -0.1) is 0 Å². The summed E-state index contributed by atoms with van der Waals surface area (Å²) in [6, 6.07) is 10.7. The summed E-state index contributed by atoms with van der Waals surface area (Å²) in [4.78, 5) is 11.3. The summed E-state index contributed by atoms with van der Waals surface area (Å²) >= 11 is 0. The molecule has 2 aliphatic carbocycles. The van der Waals surface area contributed by atoms with E-state index in [1.165, 1.54) is 12.0 Å². The maximum Gasteiger partial charge on any atom is 0.133 e. The quantitative estimate of drug-likeness (QED) is 0.659. The molecule has 1 nitrogen and oxygen atoms in total. The van der Waals surface area contributed by atoms with Gasteiger partial charge in [0.1, 0.15) is 5.78 Å². The maximum atomic E-state index is 11.3. The topological polar surface area (TPSA) is 17.1 Å². The molecule has 0 bridgehead atoms. The molecule has 2 aliphatic rings. The maximum absolute atomic E-state index is 11.3. The molecule has 0 aromatic heterocycles. The number of carbonyl (C=O) groups excluding carboxylic acids is 1. The van der Waals surface area contributed by atoms with Gasteiger partial charge in [0.25, 0.3) is 0 Å². The van der Waals surface area contributed by atoms with Crippen LogP contribution in [0.15, 0.2) is 30.3 Å². The Kier molecular flexibility index (Phi) is 1.58. The lowest BCUT2D eigenvalue weighted by molar-refractivity contribution is -0.120. The lowest BCUT2D eigenvalue weighted by atomic mass is 9.82. The van der Waals surface area contributed by atoms with Crippen LogP contribution in [0.2, 0.25) is 0 Å². The summed E-state index contributed by atoms with van der Waals surface area (Å²) in [5, 5.41) is 0. The lowest BCUT2D eigenvalue weighted by Crippen LogP contribution is -2.19. The zero-order valence-corrected chi connectivity index (χ0v) is 8.20. The first-order chi connectivity index (χ1) is 6.81. The molecule has 2 unspecified atom stereocenters. The Bertz CT molecular complexity index is 368. The van der Waals surface area contributed by atoms with Crippen LogP contribution in [0, 0.1) is 5.92 Å². The van der Waals surface area contributed by atoms with E-state index >= 15 is 0 Å². The third-order valence-corrected chi connectivity index (χ3v) is 3.90. The van der Waals surface area contributed by atoms with Crippen molar-refractivity contribution in [3.8, 4) is 0 Å². The fourth-order valence-electron chi connectivity index (χ4n) is 2.96. The molecule has 0 amide bonds. The zero-order valence-electron chi connectivity index (χ0n) is 8.20. The Balaban J connectivity index is 1.91. The third-order valence-electron chi connectivity index (χ3n) is 3.90. The Labute approximate surface area is 84.1 Å². The Morgan fingerprint density at radius 1 is 1.21 bits per heavy atom. The SMILES string of the molecule is O=C1CCC2(c3ccccc3)CC2C1. The van der Waals surface area contributed by atoms with Crippen LogP contribution in [0.25, 0.3) is 0 Å². The van der Waals surface area contributed by atoms with Crippen molar-refractivity contribution in [1.29, 1.82) is 0 Å². The smallest absolute Gasteiger partial charge is 0.133 e. The molecule has 0 spiro atoms. The second kappa shape index (κ2) is 2.69. The van der Waals surface area contributed by atoms with E-state index < -0.39 is 0 Å². The molecule has 14 heavy (non-hydrogen) atoms. The second-order valence-corrected chi connectivity index (χ2v) is 4.67. The highest BCUT2D eigenvalue weighted by molar-refractivity contribution is 5.81. The molecule has 0 saturated heterocycles. The molecule has 72 valence electrons. The highest BCUT2D eigenvalue weighted by Gasteiger charge is 2.57. The summed E-state index contributed by atoms with van der Waals surface area (Å²) in [6.07, 6.45) is 3.95. The van der Waals surface area contributed by atoms with Gasteiger partial charge in [-0.3, -0.25) is 4.79 Å². The molecule has 1 aromatic carbocycles. The number of benzene rings is 1. The minimum Gasteiger partial charge on any atom is -0.300 e. The van der Waals surface area contributed by atoms with Crippen LogP contribution in [-0.2, 0) is 10.2 Å². The van der Waals surface area contributed by atoms with Gasteiger partial charge in [0.15, 0.2) is 0 Å². The Morgan fingerprint density at radius 2 is 2.00 bits per heavy atom. The van der Waals surface area contributed by atoms with Gasteiger partial charge in [-0.25, -0.2) is 0 Å². The normalized spacial score (nSPS) is 35.1. The molecule has 3 rings (SSSR count). The van der Waals surface area contributed by atoms with Gasteiger partial charge < -0.3 is 0 Å². The standard InChI is InChI=1S/C13H14O/c14-12-6-7-13(9-11(13)8-12)10-4-2-1-3-5-10/h1-5,11H,6-9H2. The summed E-state index contributed by atoms with van der Waals surface area (Å²) < 4.78 is 0. The van der Waals surface area contributed by atoms with Gasteiger partial charge >= 0.3 is 0 Å². The summed E-state index contributed by atoms with van der Waals surface area (Å²) in [6.45, 7) is 0. The highest BCUT2D eigenvalue weighted by atomic mass is 16.1. The number of carbonyl (C=O) groups is 1. The number of hydrogen-bond donors (Lipinski definition) is 0. The van der Waals surface area contributed by atoms with Gasteiger partial charge in [0, 0.05) is 12.8 Å². The molecule has 1 aromatic rings. The minimum absolute atomic E-state index is 0.398. The van der Waals surface area contributed by atoms with Crippen LogP contribution < -0.4 is 0 Å². The first-order valence-corrected chi connectivity index (χ1v) is 5.38. The Hall–Kier alpha value is -1.11. The van der Waals surface area contributed by atoms with Crippen LogP contribution in [0.4, 0.5) is 0 Å². The van der Waals surface area contributed by atoms with Crippen molar-refractivity contribution in [2.45, 2.75) is 31.1 Å². The van der Waals surface area contributed by atoms with Crippen LogP contribution >= 0.6 is 0 Å². The first-order valence-electron chi connectivity index (χ1n) is 5.38. The van der Waals surface area contributed by atoms with E-state index in [1.54, 1.807) is 0 Å². The summed E-state index contributed by atoms with van der Waals surface area (Å²) in [5.74, 6) is 1.13. The molecule has 1 heteroatoms. The predicted molar refractivity (Wildman–Crippen MR) is 55.1 cm³/mol. The van der Waals surface area contributed by atoms with Gasteiger partial charge in [-0.2, -0.15) is 0 Å². The average molecular weight is 186 g/mol. The highest BCUT2D eigenvalue weighted by Crippen LogP contribution is 2.61. The van der Waals surface area contributed by atoms with Gasteiger partial charge in [-0.05, 0) is 29.7 Å². The Morgan fingerprint density at radius 3 is 2.71 bits per heavy atom. The molecule has 2 atom stereocenters. The van der Waals surface area contributed by atoms with E-state index in [0.717, 1.165) is 19.3 Å². The number of hydrogen-bond acceptors (Lipinski definition) is 1. The van der Waals surface area contributed by atoms with E-state index in [0.29, 0.717) is 17.1 Å². The number of Topliss-reactive ketones (excluding diaryl/α,β-unsaturated/α-hetero) is 1. The minimum atomic E-state index is 0.398. The van der Waals surface area contributed by atoms with Crippen LogP contribution in [0.1, 0.15) is 31.2 Å². The molecule has 0 heterocycles. The molecule has 2 fully saturated rings. The molecule has 0 aliphatic heterocycles. The van der Waals surface area contributed by atoms with E-state index in [-0.39, 0.29) is 0 Å². The van der Waals surface area contributed by atoms with E-state index in [2.05, 4.69) is 30.3 Å². The summed E-state index contributed by atoms with van der Waals surface area (Å²) in [7, 11) is 0. The zero-order chi connectivity index (χ0) is 9.60. The van der Waals surface area contributed by atoms with E-state index in [1.807, 2.05) is 0 Å². The summed E-state index contributed by atoms with van der Waals surface area (Å²) in [5.41, 5.74) is 1.85. The van der Waals surface area contributed by atoms with Crippen molar-refractivity contribution < 1.29 is 4.79 Å². The van der Waals surface area contributed by atoms with Crippen LogP contribution in [-0.4, -0.2) is 5.78 Å². The van der Waals surface area contributed by atoms with Crippen LogP contribution in [0.3, 0.4) is 0 Å². The second-order valence-electron chi connectivity index (χ2n) is 4.67. The van der Waals surface area contributed by atoms with Gasteiger partial charge in [-0.1, -0.05) is 30.3 Å². The molecule has 0 radical (unpaired) electrons. The lowest BCUT2D eigenvalue weighted by Gasteiger charge is -2.21. The molecular weight excluding hydrogens is 172 g/mol. The van der Waals surface area contributed by atoms with Crippen molar-refractivity contribution >= 4 is 5.78 Å². The largest absolute Gasteiger partial charge is 0.300 e. The van der Waals surface area contributed by atoms with Crippen molar-refractivity contribution in [3.05, 3.63) is 35.9 Å². The van der Waals surface area contributed by atoms with E-state index in [9.17, 15) is 4.79 Å². The van der Waals surface area contributed by atoms with Crippen molar-refractivity contribution in [2.24, 2.45) is 5.92 Å². The number of rotatable bonds is 1. The van der Waals surface area contributed by atoms with Gasteiger partial charge in [0.05, 0.1) is 0 Å². The fourth-order valence-corrected chi connectivity index (χ4v) is 2.96. The van der Waals surface area contributed by atoms with Gasteiger partial charge in [0.2, 0.25) is 0 Å². The molecule has 0 N–H and O–H groups in total. The fraction of sp³-hybridized carbons (Fsp3) is 0.462. The molecule has 2 saturated carbocycles. The first kappa shape index (κ1) is 8.22. The monoisotopic (exact) mass is 186 g/mol. The number of ketones is 1.